The standard InChI is InChI=1S/C21H21N3O5/c1-23-15-11-24(13-5-7-14(28-2)8-6-13)20(26)18(15)19(22-21(23)27)12-4-9-16(25)17(10-12)29-3/h4-10,19,25H,11H2,1-3H3,(H,22,27). The van der Waals surface area contributed by atoms with E-state index in [1.54, 1.807) is 43.3 Å². The number of phenols is 1. The normalized spacial score (nSPS) is 18.7. The summed E-state index contributed by atoms with van der Waals surface area (Å²) in [7, 11) is 4.67. The molecule has 2 aromatic carbocycles. The molecule has 0 aliphatic carbocycles. The van der Waals surface area contributed by atoms with E-state index < -0.39 is 6.04 Å². The topological polar surface area (TPSA) is 91.3 Å². The Kier molecular flexibility index (Phi) is 4.54. The molecule has 29 heavy (non-hydrogen) atoms. The largest absolute Gasteiger partial charge is 0.504 e. The summed E-state index contributed by atoms with van der Waals surface area (Å²) in [6, 6.07) is 11.0. The van der Waals surface area contributed by atoms with Crippen molar-refractivity contribution in [3.05, 3.63) is 59.3 Å². The van der Waals surface area contributed by atoms with Crippen molar-refractivity contribution < 1.29 is 24.2 Å². The summed E-state index contributed by atoms with van der Waals surface area (Å²) in [6.45, 7) is 0.288. The third-order valence-electron chi connectivity index (χ3n) is 5.28. The second-order valence-electron chi connectivity index (χ2n) is 6.82. The van der Waals surface area contributed by atoms with Crippen LogP contribution in [0.2, 0.25) is 0 Å². The molecule has 2 N–H and O–H groups in total. The Morgan fingerprint density at radius 2 is 1.79 bits per heavy atom. The molecule has 2 aliphatic rings. The van der Waals surface area contributed by atoms with Crippen molar-refractivity contribution in [1.82, 2.24) is 10.2 Å². The van der Waals surface area contributed by atoms with Gasteiger partial charge in [0.2, 0.25) is 0 Å². The predicted octanol–water partition coefficient (Wildman–Crippen LogP) is 2.41. The number of hydrogen-bond acceptors (Lipinski definition) is 5. The lowest BCUT2D eigenvalue weighted by atomic mass is 9.95. The molecule has 0 saturated carbocycles. The Bertz CT molecular complexity index is 1020. The molecule has 8 heteroatoms. The van der Waals surface area contributed by atoms with Crippen molar-refractivity contribution in [1.29, 1.82) is 0 Å². The number of benzene rings is 2. The van der Waals surface area contributed by atoms with Crippen LogP contribution < -0.4 is 19.7 Å². The van der Waals surface area contributed by atoms with Gasteiger partial charge in [-0.25, -0.2) is 4.79 Å². The molecule has 3 amide bonds. The lowest BCUT2D eigenvalue weighted by Crippen LogP contribution is -2.45. The number of urea groups is 1. The molecule has 0 radical (unpaired) electrons. The van der Waals surface area contributed by atoms with Gasteiger partial charge in [0.1, 0.15) is 5.75 Å². The second-order valence-corrected chi connectivity index (χ2v) is 6.82. The van der Waals surface area contributed by atoms with Crippen LogP contribution in [0, 0.1) is 0 Å². The monoisotopic (exact) mass is 395 g/mol. The first-order valence-electron chi connectivity index (χ1n) is 9.04. The fraction of sp³-hybridized carbons (Fsp3) is 0.238. The average molecular weight is 395 g/mol. The number of hydrogen-bond donors (Lipinski definition) is 2. The van der Waals surface area contributed by atoms with Gasteiger partial charge < -0.3 is 24.8 Å². The maximum atomic E-state index is 13.3. The van der Waals surface area contributed by atoms with E-state index in [2.05, 4.69) is 5.32 Å². The molecular formula is C21H21N3O5. The number of rotatable bonds is 4. The summed E-state index contributed by atoms with van der Waals surface area (Å²) in [4.78, 5) is 29.0. The molecule has 2 aliphatic heterocycles. The highest BCUT2D eigenvalue weighted by molar-refractivity contribution is 6.11. The first-order valence-corrected chi connectivity index (χ1v) is 9.04. The highest BCUT2D eigenvalue weighted by Gasteiger charge is 2.43. The van der Waals surface area contributed by atoms with Gasteiger partial charge in [-0.05, 0) is 42.0 Å². The number of likely N-dealkylation sites (N-methyl/N-ethyl adjacent to an activating group) is 1. The van der Waals surface area contributed by atoms with Crippen molar-refractivity contribution in [2.24, 2.45) is 0 Å². The number of carbonyl (C=O) groups is 2. The molecule has 8 nitrogen and oxygen atoms in total. The van der Waals surface area contributed by atoms with Crippen LogP contribution in [0.15, 0.2) is 53.7 Å². The molecule has 0 bridgehead atoms. The second kappa shape index (κ2) is 7.05. The zero-order chi connectivity index (χ0) is 20.7. The summed E-state index contributed by atoms with van der Waals surface area (Å²) < 4.78 is 10.4. The van der Waals surface area contributed by atoms with E-state index in [-0.39, 0.29) is 30.0 Å². The molecule has 2 heterocycles. The van der Waals surface area contributed by atoms with E-state index >= 15 is 0 Å². The highest BCUT2D eigenvalue weighted by Crippen LogP contribution is 2.39. The number of anilines is 1. The molecule has 0 aromatic heterocycles. The van der Waals surface area contributed by atoms with Gasteiger partial charge in [-0.15, -0.1) is 0 Å². The zero-order valence-corrected chi connectivity index (χ0v) is 16.3. The quantitative estimate of drug-likeness (QED) is 0.830. The minimum Gasteiger partial charge on any atom is -0.504 e. The van der Waals surface area contributed by atoms with Crippen molar-refractivity contribution in [2.75, 3.05) is 32.7 Å². The number of nitrogens with one attached hydrogen (secondary N) is 1. The van der Waals surface area contributed by atoms with Crippen LogP contribution >= 0.6 is 0 Å². The molecule has 1 atom stereocenters. The predicted molar refractivity (Wildman–Crippen MR) is 106 cm³/mol. The van der Waals surface area contributed by atoms with Crippen molar-refractivity contribution in [3.8, 4) is 17.2 Å². The molecule has 4 rings (SSSR count). The third-order valence-corrected chi connectivity index (χ3v) is 5.28. The van der Waals surface area contributed by atoms with Gasteiger partial charge in [-0.3, -0.25) is 9.69 Å². The Morgan fingerprint density at radius 1 is 1.07 bits per heavy atom. The van der Waals surface area contributed by atoms with Gasteiger partial charge in [-0.1, -0.05) is 6.07 Å². The number of phenolic OH excluding ortho intramolecular Hbond substituents is 1. The van der Waals surface area contributed by atoms with Crippen LogP contribution in [0.4, 0.5) is 10.5 Å². The Morgan fingerprint density at radius 3 is 2.45 bits per heavy atom. The molecular weight excluding hydrogens is 374 g/mol. The van der Waals surface area contributed by atoms with Gasteiger partial charge in [0, 0.05) is 12.7 Å². The summed E-state index contributed by atoms with van der Waals surface area (Å²) in [5, 5.41) is 12.8. The fourth-order valence-electron chi connectivity index (χ4n) is 3.66. The van der Waals surface area contributed by atoms with Crippen LogP contribution in [0.5, 0.6) is 17.2 Å². The Labute approximate surface area is 167 Å². The van der Waals surface area contributed by atoms with Crippen molar-refractivity contribution >= 4 is 17.6 Å². The molecule has 0 fully saturated rings. The minimum absolute atomic E-state index is 0.0117. The molecule has 2 aromatic rings. The minimum atomic E-state index is -0.640. The lowest BCUT2D eigenvalue weighted by Gasteiger charge is -2.31. The van der Waals surface area contributed by atoms with Crippen LogP contribution in [0.3, 0.4) is 0 Å². The van der Waals surface area contributed by atoms with Crippen LogP contribution in [-0.2, 0) is 4.79 Å². The summed E-state index contributed by atoms with van der Waals surface area (Å²) in [6.07, 6.45) is 0. The number of aromatic hydroxyl groups is 1. The van der Waals surface area contributed by atoms with E-state index in [0.717, 1.165) is 0 Å². The lowest BCUT2D eigenvalue weighted by molar-refractivity contribution is -0.114. The van der Waals surface area contributed by atoms with E-state index in [9.17, 15) is 14.7 Å². The van der Waals surface area contributed by atoms with Gasteiger partial charge in [0.05, 0.1) is 38.1 Å². The first-order chi connectivity index (χ1) is 13.9. The smallest absolute Gasteiger partial charge is 0.322 e. The van der Waals surface area contributed by atoms with Gasteiger partial charge in [-0.2, -0.15) is 0 Å². The maximum Gasteiger partial charge on any atom is 0.322 e. The number of ether oxygens (including phenoxy) is 2. The molecule has 1 unspecified atom stereocenters. The Hall–Kier alpha value is -3.68. The van der Waals surface area contributed by atoms with Gasteiger partial charge >= 0.3 is 6.03 Å². The van der Waals surface area contributed by atoms with Crippen LogP contribution in [-0.4, -0.2) is 49.8 Å². The zero-order valence-electron chi connectivity index (χ0n) is 16.3. The summed E-state index contributed by atoms with van der Waals surface area (Å²) in [5.41, 5.74) is 2.51. The van der Waals surface area contributed by atoms with Crippen molar-refractivity contribution in [3.63, 3.8) is 0 Å². The number of methoxy groups -OCH3 is 2. The van der Waals surface area contributed by atoms with Crippen LogP contribution in [0.1, 0.15) is 11.6 Å². The number of nitrogens with zero attached hydrogens (tertiary/aromatic N) is 2. The van der Waals surface area contributed by atoms with Crippen molar-refractivity contribution in [2.45, 2.75) is 6.04 Å². The molecule has 150 valence electrons. The van der Waals surface area contributed by atoms with E-state index in [4.69, 9.17) is 9.47 Å². The number of carbonyl (C=O) groups excluding carboxylic acids is 2. The maximum absolute atomic E-state index is 13.3. The number of amides is 3. The average Bonchev–Trinajstić information content (AvgIpc) is 3.09. The van der Waals surface area contributed by atoms with E-state index in [1.807, 2.05) is 12.1 Å². The molecule has 0 saturated heterocycles. The van der Waals surface area contributed by atoms with E-state index in [1.165, 1.54) is 18.1 Å². The van der Waals surface area contributed by atoms with Crippen LogP contribution in [0.25, 0.3) is 0 Å². The van der Waals surface area contributed by atoms with E-state index in [0.29, 0.717) is 28.3 Å². The SMILES string of the molecule is COc1ccc(N2CC3=C(C2=O)C(c2ccc(O)c(OC)c2)NC(=O)N3C)cc1. The Balaban J connectivity index is 1.74. The fourth-order valence-corrected chi connectivity index (χ4v) is 3.66. The van der Waals surface area contributed by atoms with Gasteiger partial charge in [0.25, 0.3) is 5.91 Å². The third kappa shape index (κ3) is 3.02. The summed E-state index contributed by atoms with van der Waals surface area (Å²) in [5.74, 6) is 0.771. The first kappa shape index (κ1) is 18.7. The summed E-state index contributed by atoms with van der Waals surface area (Å²) >= 11 is 0. The molecule has 0 spiro atoms. The van der Waals surface area contributed by atoms with Gasteiger partial charge in [0.15, 0.2) is 11.5 Å². The highest BCUT2D eigenvalue weighted by atomic mass is 16.5.